The van der Waals surface area contributed by atoms with E-state index in [4.69, 9.17) is 4.74 Å². The Bertz CT molecular complexity index is 721. The maximum Gasteiger partial charge on any atom is 0.251 e. The minimum Gasteiger partial charge on any atom is -0.381 e. The number of hydrogen-bond acceptors (Lipinski definition) is 4. The van der Waals surface area contributed by atoms with Crippen LogP contribution in [0.1, 0.15) is 41.6 Å². The summed E-state index contributed by atoms with van der Waals surface area (Å²) in [6, 6.07) is 4.91. The Morgan fingerprint density at radius 1 is 1.28 bits per heavy atom. The molecule has 6 nitrogen and oxygen atoms in total. The fourth-order valence-electron chi connectivity index (χ4n) is 3.35. The van der Waals surface area contributed by atoms with E-state index in [9.17, 15) is 13.2 Å². The van der Waals surface area contributed by atoms with Crippen molar-refractivity contribution in [3.05, 3.63) is 29.3 Å². The molecule has 2 aliphatic heterocycles. The van der Waals surface area contributed by atoms with Crippen LogP contribution in [-0.2, 0) is 14.8 Å². The molecule has 1 atom stereocenters. The Morgan fingerprint density at radius 3 is 2.72 bits per heavy atom. The topological polar surface area (TPSA) is 75.7 Å². The number of aryl methyl sites for hydroxylation is 1. The molecule has 2 fully saturated rings. The van der Waals surface area contributed by atoms with Crippen LogP contribution in [-0.4, -0.2) is 51.5 Å². The van der Waals surface area contributed by atoms with E-state index in [-0.39, 0.29) is 10.8 Å². The summed E-state index contributed by atoms with van der Waals surface area (Å²) in [6.07, 6.45) is 3.80. The van der Waals surface area contributed by atoms with Crippen LogP contribution in [0.25, 0.3) is 0 Å². The number of carbonyl (C=O) groups is 1. The Balaban J connectivity index is 1.76. The highest BCUT2D eigenvalue weighted by atomic mass is 32.2. The second kappa shape index (κ2) is 7.85. The molecular weight excluding hydrogens is 340 g/mol. The third-order valence-electron chi connectivity index (χ3n) is 4.96. The molecule has 2 heterocycles. The summed E-state index contributed by atoms with van der Waals surface area (Å²) in [4.78, 5) is 12.6. The average molecular weight is 366 g/mol. The number of rotatable bonds is 5. The number of hydrogen-bond donors (Lipinski definition) is 1. The molecule has 0 saturated carbocycles. The van der Waals surface area contributed by atoms with Gasteiger partial charge in [-0.05, 0) is 43.9 Å². The van der Waals surface area contributed by atoms with E-state index in [1.54, 1.807) is 19.1 Å². The SMILES string of the molecule is Cc1ccc(C(=O)NCC2CCOC2)cc1S(=O)(=O)N1CCCCC1. The predicted molar refractivity (Wildman–Crippen MR) is 95.0 cm³/mol. The molecule has 138 valence electrons. The van der Waals surface area contributed by atoms with Gasteiger partial charge >= 0.3 is 0 Å². The lowest BCUT2D eigenvalue weighted by Crippen LogP contribution is -2.36. The molecule has 0 aliphatic carbocycles. The molecule has 1 amide bonds. The highest BCUT2D eigenvalue weighted by Crippen LogP contribution is 2.24. The summed E-state index contributed by atoms with van der Waals surface area (Å²) < 4.78 is 32.7. The minimum absolute atomic E-state index is 0.234. The van der Waals surface area contributed by atoms with E-state index in [2.05, 4.69) is 5.32 Å². The lowest BCUT2D eigenvalue weighted by atomic mass is 10.1. The molecule has 2 aliphatic rings. The van der Waals surface area contributed by atoms with Crippen molar-refractivity contribution in [2.24, 2.45) is 5.92 Å². The molecule has 0 aromatic heterocycles. The summed E-state index contributed by atoms with van der Waals surface area (Å²) in [7, 11) is -3.55. The van der Waals surface area contributed by atoms with E-state index < -0.39 is 10.0 Å². The van der Waals surface area contributed by atoms with Crippen LogP contribution >= 0.6 is 0 Å². The van der Waals surface area contributed by atoms with Gasteiger partial charge in [-0.25, -0.2) is 8.42 Å². The van der Waals surface area contributed by atoms with Crippen molar-refractivity contribution in [1.29, 1.82) is 0 Å². The van der Waals surface area contributed by atoms with E-state index in [0.717, 1.165) is 32.3 Å². The van der Waals surface area contributed by atoms with Crippen LogP contribution in [0.5, 0.6) is 0 Å². The standard InChI is InChI=1S/C18H26N2O4S/c1-14-5-6-16(18(21)19-12-15-7-10-24-13-15)11-17(14)25(22,23)20-8-3-2-4-9-20/h5-6,11,15H,2-4,7-10,12-13H2,1H3,(H,19,21). The van der Waals surface area contributed by atoms with Gasteiger partial charge in [-0.2, -0.15) is 4.31 Å². The fourth-order valence-corrected chi connectivity index (χ4v) is 5.11. The first-order valence-corrected chi connectivity index (χ1v) is 10.4. The largest absolute Gasteiger partial charge is 0.381 e. The third-order valence-corrected chi connectivity index (χ3v) is 7.00. The molecule has 1 N–H and O–H groups in total. The Kier molecular flexibility index (Phi) is 5.76. The first-order chi connectivity index (χ1) is 12.0. The number of sulfonamides is 1. The van der Waals surface area contributed by atoms with Crippen molar-refractivity contribution >= 4 is 15.9 Å². The Hall–Kier alpha value is -1.44. The molecule has 0 spiro atoms. The zero-order valence-corrected chi connectivity index (χ0v) is 15.5. The fraction of sp³-hybridized carbons (Fsp3) is 0.611. The first kappa shape index (κ1) is 18.4. The van der Waals surface area contributed by atoms with Gasteiger partial charge in [-0.3, -0.25) is 4.79 Å². The van der Waals surface area contributed by atoms with Crippen molar-refractivity contribution in [1.82, 2.24) is 9.62 Å². The van der Waals surface area contributed by atoms with Gasteiger partial charge in [0.05, 0.1) is 11.5 Å². The molecule has 1 unspecified atom stereocenters. The first-order valence-electron chi connectivity index (χ1n) is 8.95. The maximum atomic E-state index is 12.9. The Labute approximate surface area is 149 Å². The van der Waals surface area contributed by atoms with Crippen LogP contribution in [0, 0.1) is 12.8 Å². The van der Waals surface area contributed by atoms with Gasteiger partial charge in [-0.15, -0.1) is 0 Å². The summed E-state index contributed by atoms with van der Waals surface area (Å²) in [6.45, 7) is 4.85. The number of nitrogens with one attached hydrogen (secondary N) is 1. The summed E-state index contributed by atoms with van der Waals surface area (Å²) in [5.41, 5.74) is 1.06. The van der Waals surface area contributed by atoms with Gasteiger partial charge in [0.2, 0.25) is 10.0 Å². The quantitative estimate of drug-likeness (QED) is 0.864. The number of carbonyl (C=O) groups excluding carboxylic acids is 1. The molecule has 2 saturated heterocycles. The van der Waals surface area contributed by atoms with Gasteiger partial charge in [-0.1, -0.05) is 12.5 Å². The zero-order valence-electron chi connectivity index (χ0n) is 14.7. The van der Waals surface area contributed by atoms with Crippen molar-refractivity contribution in [3.63, 3.8) is 0 Å². The monoisotopic (exact) mass is 366 g/mol. The number of amides is 1. The molecule has 1 aromatic rings. The van der Waals surface area contributed by atoms with Crippen molar-refractivity contribution in [3.8, 4) is 0 Å². The molecule has 0 radical (unpaired) electrons. The highest BCUT2D eigenvalue weighted by Gasteiger charge is 2.28. The average Bonchev–Trinajstić information content (AvgIpc) is 3.14. The van der Waals surface area contributed by atoms with Gasteiger partial charge in [0.15, 0.2) is 0 Å². The second-order valence-electron chi connectivity index (χ2n) is 6.88. The normalized spacial score (nSPS) is 22.0. The number of piperidine rings is 1. The smallest absolute Gasteiger partial charge is 0.251 e. The molecule has 25 heavy (non-hydrogen) atoms. The van der Waals surface area contributed by atoms with E-state index in [0.29, 0.717) is 43.3 Å². The van der Waals surface area contributed by atoms with Gasteiger partial charge in [0.25, 0.3) is 5.91 Å². The van der Waals surface area contributed by atoms with Crippen molar-refractivity contribution in [2.75, 3.05) is 32.8 Å². The molecule has 1 aromatic carbocycles. The van der Waals surface area contributed by atoms with Crippen LogP contribution < -0.4 is 5.32 Å². The minimum atomic E-state index is -3.55. The lowest BCUT2D eigenvalue weighted by molar-refractivity contribution is 0.0944. The van der Waals surface area contributed by atoms with Crippen LogP contribution in [0.3, 0.4) is 0 Å². The highest BCUT2D eigenvalue weighted by molar-refractivity contribution is 7.89. The van der Waals surface area contributed by atoms with Gasteiger partial charge < -0.3 is 10.1 Å². The van der Waals surface area contributed by atoms with Gasteiger partial charge in [0.1, 0.15) is 0 Å². The molecule has 7 heteroatoms. The number of nitrogens with zero attached hydrogens (tertiary/aromatic N) is 1. The van der Waals surface area contributed by atoms with Crippen molar-refractivity contribution in [2.45, 2.75) is 37.5 Å². The molecule has 0 bridgehead atoms. The summed E-state index contributed by atoms with van der Waals surface area (Å²) in [5.74, 6) is 0.105. The predicted octanol–water partition coefficient (Wildman–Crippen LogP) is 1.94. The second-order valence-corrected chi connectivity index (χ2v) is 8.79. The number of ether oxygens (including phenoxy) is 1. The third kappa shape index (κ3) is 4.22. The van der Waals surface area contributed by atoms with E-state index >= 15 is 0 Å². The lowest BCUT2D eigenvalue weighted by Gasteiger charge is -2.26. The molecular formula is C18H26N2O4S. The van der Waals surface area contributed by atoms with Crippen molar-refractivity contribution < 1.29 is 17.9 Å². The zero-order chi connectivity index (χ0) is 17.9. The van der Waals surface area contributed by atoms with Gasteiger partial charge in [0, 0.05) is 37.7 Å². The Morgan fingerprint density at radius 2 is 2.04 bits per heavy atom. The van der Waals surface area contributed by atoms with E-state index in [1.807, 2.05) is 0 Å². The van der Waals surface area contributed by atoms with E-state index in [1.165, 1.54) is 10.4 Å². The van der Waals surface area contributed by atoms with Crippen LogP contribution in [0.15, 0.2) is 23.1 Å². The summed E-state index contributed by atoms with van der Waals surface area (Å²) in [5, 5.41) is 2.89. The molecule has 3 rings (SSSR count). The van der Waals surface area contributed by atoms with Crippen LogP contribution in [0.2, 0.25) is 0 Å². The number of benzene rings is 1. The summed E-state index contributed by atoms with van der Waals surface area (Å²) >= 11 is 0. The van der Waals surface area contributed by atoms with Crippen LogP contribution in [0.4, 0.5) is 0 Å². The maximum absolute atomic E-state index is 12.9.